The summed E-state index contributed by atoms with van der Waals surface area (Å²) in [6.07, 6.45) is 0. The molecule has 0 aliphatic carbocycles. The van der Waals surface area contributed by atoms with Gasteiger partial charge in [-0.3, -0.25) is 9.59 Å². The van der Waals surface area contributed by atoms with Crippen molar-refractivity contribution in [2.24, 2.45) is 5.10 Å². The van der Waals surface area contributed by atoms with E-state index < -0.39 is 17.8 Å². The van der Waals surface area contributed by atoms with Crippen LogP contribution in [0.3, 0.4) is 0 Å². The SMILES string of the molecule is CC(=NNC(=O)C(=O)Nc1cc(Cl)ccc1Cl)c1ccc(OC(=O)c2ccccc2Cl)cc1. The van der Waals surface area contributed by atoms with Gasteiger partial charge in [-0.2, -0.15) is 5.10 Å². The lowest BCUT2D eigenvalue weighted by Crippen LogP contribution is -2.33. The molecule has 0 aromatic heterocycles. The lowest BCUT2D eigenvalue weighted by Gasteiger charge is -2.08. The fraction of sp³-hybridized carbons (Fsp3) is 0.0435. The number of hydrogen-bond acceptors (Lipinski definition) is 5. The van der Waals surface area contributed by atoms with Crippen LogP contribution >= 0.6 is 34.8 Å². The molecule has 2 amide bonds. The summed E-state index contributed by atoms with van der Waals surface area (Å²) in [6, 6.07) is 17.5. The molecule has 0 atom stereocenters. The molecule has 0 fully saturated rings. The molecule has 3 rings (SSSR count). The average molecular weight is 505 g/mol. The zero-order valence-electron chi connectivity index (χ0n) is 17.1. The van der Waals surface area contributed by atoms with Crippen LogP contribution in [0.4, 0.5) is 5.69 Å². The molecule has 3 aromatic rings. The van der Waals surface area contributed by atoms with E-state index in [1.807, 2.05) is 0 Å². The molecule has 7 nitrogen and oxygen atoms in total. The van der Waals surface area contributed by atoms with Crippen LogP contribution in [0.2, 0.25) is 15.1 Å². The third-order valence-electron chi connectivity index (χ3n) is 4.28. The molecule has 0 aliphatic rings. The number of esters is 1. The van der Waals surface area contributed by atoms with Gasteiger partial charge in [0, 0.05) is 5.02 Å². The van der Waals surface area contributed by atoms with Crippen LogP contribution in [0, 0.1) is 0 Å². The van der Waals surface area contributed by atoms with Gasteiger partial charge < -0.3 is 10.1 Å². The molecular formula is C23H16Cl3N3O4. The number of nitrogens with one attached hydrogen (secondary N) is 2. The zero-order chi connectivity index (χ0) is 24.0. The molecule has 10 heteroatoms. The van der Waals surface area contributed by atoms with E-state index in [0.717, 1.165) is 0 Å². The van der Waals surface area contributed by atoms with Gasteiger partial charge in [0.2, 0.25) is 0 Å². The number of ether oxygens (including phenoxy) is 1. The maximum absolute atomic E-state index is 12.2. The highest BCUT2D eigenvalue weighted by Gasteiger charge is 2.16. The molecule has 0 bridgehead atoms. The van der Waals surface area contributed by atoms with Crippen molar-refractivity contribution in [3.05, 3.63) is 92.9 Å². The fourth-order valence-corrected chi connectivity index (χ4v) is 3.13. The number of hydrogen-bond donors (Lipinski definition) is 2. The van der Waals surface area contributed by atoms with Crippen LogP contribution in [-0.4, -0.2) is 23.5 Å². The zero-order valence-corrected chi connectivity index (χ0v) is 19.3. The van der Waals surface area contributed by atoms with Crippen molar-refractivity contribution < 1.29 is 19.1 Å². The first kappa shape index (κ1) is 24.3. The van der Waals surface area contributed by atoms with Gasteiger partial charge in [-0.15, -0.1) is 0 Å². The highest BCUT2D eigenvalue weighted by Crippen LogP contribution is 2.25. The molecule has 0 heterocycles. The second-order valence-corrected chi connectivity index (χ2v) is 7.86. The van der Waals surface area contributed by atoms with Crippen molar-refractivity contribution in [3.8, 4) is 5.75 Å². The molecule has 0 saturated carbocycles. The summed E-state index contributed by atoms with van der Waals surface area (Å²) < 4.78 is 5.31. The first-order valence-electron chi connectivity index (χ1n) is 9.42. The predicted octanol–water partition coefficient (Wildman–Crippen LogP) is 5.34. The lowest BCUT2D eigenvalue weighted by atomic mass is 10.1. The molecule has 168 valence electrons. The third-order valence-corrected chi connectivity index (χ3v) is 5.18. The van der Waals surface area contributed by atoms with Crippen molar-refractivity contribution in [3.63, 3.8) is 0 Å². The lowest BCUT2D eigenvalue weighted by molar-refractivity contribution is -0.136. The Kier molecular flexibility index (Phi) is 8.06. The maximum atomic E-state index is 12.2. The minimum atomic E-state index is -0.990. The van der Waals surface area contributed by atoms with Gasteiger partial charge in [0.1, 0.15) is 5.75 Å². The number of carbonyl (C=O) groups excluding carboxylic acids is 3. The standard InChI is InChI=1S/C23H16Cl3N3O4/c1-13(28-29-22(31)21(30)27-20-12-15(24)8-11-19(20)26)14-6-9-16(10-7-14)33-23(32)17-4-2-3-5-18(17)25/h2-12H,1H3,(H,27,30)(H,29,31). The first-order chi connectivity index (χ1) is 15.7. The van der Waals surface area contributed by atoms with Crippen LogP contribution in [0.15, 0.2) is 71.8 Å². The summed E-state index contributed by atoms with van der Waals surface area (Å²) >= 11 is 17.8. The predicted molar refractivity (Wildman–Crippen MR) is 128 cm³/mol. The van der Waals surface area contributed by atoms with Crippen LogP contribution in [0.1, 0.15) is 22.8 Å². The molecule has 0 spiro atoms. The monoisotopic (exact) mass is 503 g/mol. The maximum Gasteiger partial charge on any atom is 0.345 e. The Hall–Kier alpha value is -3.39. The van der Waals surface area contributed by atoms with Crippen LogP contribution in [0.5, 0.6) is 5.75 Å². The fourth-order valence-electron chi connectivity index (χ4n) is 2.58. The van der Waals surface area contributed by atoms with Crippen LogP contribution in [-0.2, 0) is 9.59 Å². The highest BCUT2D eigenvalue weighted by atomic mass is 35.5. The van der Waals surface area contributed by atoms with Gasteiger partial charge in [-0.25, -0.2) is 10.2 Å². The van der Waals surface area contributed by atoms with Gasteiger partial charge in [0.15, 0.2) is 0 Å². The third kappa shape index (κ3) is 6.55. The normalized spacial score (nSPS) is 11.0. The minimum absolute atomic E-state index is 0.201. The van der Waals surface area contributed by atoms with Crippen molar-refractivity contribution in [2.75, 3.05) is 5.32 Å². The molecule has 0 saturated heterocycles. The van der Waals surface area contributed by atoms with E-state index >= 15 is 0 Å². The van der Waals surface area contributed by atoms with E-state index in [4.69, 9.17) is 39.5 Å². The van der Waals surface area contributed by atoms with Crippen molar-refractivity contribution in [2.45, 2.75) is 6.92 Å². The molecule has 0 aliphatic heterocycles. The molecule has 3 aromatic carbocycles. The first-order valence-corrected chi connectivity index (χ1v) is 10.6. The van der Waals surface area contributed by atoms with Crippen LogP contribution in [0.25, 0.3) is 0 Å². The number of anilines is 1. The van der Waals surface area contributed by atoms with Gasteiger partial charge in [0.05, 0.1) is 27.0 Å². The van der Waals surface area contributed by atoms with Crippen LogP contribution < -0.4 is 15.5 Å². The van der Waals surface area contributed by atoms with Gasteiger partial charge >= 0.3 is 17.8 Å². The molecule has 33 heavy (non-hydrogen) atoms. The number of hydrazone groups is 1. The Labute approximate surface area is 204 Å². The van der Waals surface area contributed by atoms with E-state index in [-0.39, 0.29) is 16.3 Å². The topological polar surface area (TPSA) is 96.9 Å². The number of rotatable bonds is 5. The van der Waals surface area contributed by atoms with Gasteiger partial charge in [-0.05, 0) is 67.1 Å². The quantitative estimate of drug-likeness (QED) is 0.161. The Bertz CT molecular complexity index is 1240. The molecule has 2 N–H and O–H groups in total. The Morgan fingerprint density at radius 2 is 1.55 bits per heavy atom. The molecule has 0 unspecified atom stereocenters. The summed E-state index contributed by atoms with van der Waals surface area (Å²) in [4.78, 5) is 36.3. The summed E-state index contributed by atoms with van der Waals surface area (Å²) in [5.74, 6) is -2.23. The Balaban J connectivity index is 1.59. The van der Waals surface area contributed by atoms with E-state index in [1.54, 1.807) is 61.5 Å². The second-order valence-electron chi connectivity index (χ2n) is 6.61. The van der Waals surface area contributed by atoms with E-state index in [9.17, 15) is 14.4 Å². The number of nitrogens with zero attached hydrogens (tertiary/aromatic N) is 1. The number of carbonyl (C=O) groups is 3. The molecule has 0 radical (unpaired) electrons. The Morgan fingerprint density at radius 1 is 0.848 bits per heavy atom. The number of benzene rings is 3. The second kappa shape index (κ2) is 11.0. The summed E-state index contributed by atoms with van der Waals surface area (Å²) in [6.45, 7) is 1.64. The van der Waals surface area contributed by atoms with E-state index in [2.05, 4.69) is 15.8 Å². The largest absolute Gasteiger partial charge is 0.423 e. The van der Waals surface area contributed by atoms with Crippen molar-refractivity contribution in [1.82, 2.24) is 5.43 Å². The van der Waals surface area contributed by atoms with Gasteiger partial charge in [0.25, 0.3) is 0 Å². The van der Waals surface area contributed by atoms with E-state index in [1.165, 1.54) is 12.1 Å². The Morgan fingerprint density at radius 3 is 2.24 bits per heavy atom. The summed E-state index contributed by atoms with van der Waals surface area (Å²) in [5, 5.41) is 7.16. The van der Waals surface area contributed by atoms with Crippen molar-refractivity contribution >= 4 is 64.0 Å². The van der Waals surface area contributed by atoms with E-state index in [0.29, 0.717) is 27.1 Å². The van der Waals surface area contributed by atoms with Crippen molar-refractivity contribution in [1.29, 1.82) is 0 Å². The highest BCUT2D eigenvalue weighted by molar-refractivity contribution is 6.42. The summed E-state index contributed by atoms with van der Waals surface area (Å²) in [5.41, 5.74) is 3.67. The average Bonchev–Trinajstić information content (AvgIpc) is 2.80. The van der Waals surface area contributed by atoms with Gasteiger partial charge in [-0.1, -0.05) is 46.9 Å². The summed E-state index contributed by atoms with van der Waals surface area (Å²) in [7, 11) is 0. The minimum Gasteiger partial charge on any atom is -0.423 e. The molecular weight excluding hydrogens is 489 g/mol. The smallest absolute Gasteiger partial charge is 0.345 e. The number of halogens is 3. The number of amides is 2.